The van der Waals surface area contributed by atoms with Crippen LogP contribution in [-0.2, 0) is 57.2 Å². The van der Waals surface area contributed by atoms with Crippen LogP contribution >= 0.6 is 0 Å². The number of urea groups is 1. The number of amides is 2. The van der Waals surface area contributed by atoms with Crippen molar-refractivity contribution in [3.63, 3.8) is 0 Å². The molecule has 0 fully saturated rings. The fraction of sp³-hybridized carbons (Fsp3) is 0.891. The Kier molecular flexibility index (Phi) is 54.1. The molecular formula is C64H119N3O13. The number of unbranched alkanes of at least 4 members (excludes halogenated alkanes) is 28. The largest absolute Gasteiger partial charge is 0.465 e. The molecule has 0 heterocycles. The molecule has 0 radical (unpaired) electrons. The monoisotopic (exact) mass is 1140 g/mol. The molecule has 0 aliphatic carbocycles. The predicted molar refractivity (Wildman–Crippen MR) is 319 cm³/mol. The van der Waals surface area contributed by atoms with E-state index in [1.54, 1.807) is 0 Å². The maximum atomic E-state index is 13.5. The van der Waals surface area contributed by atoms with Gasteiger partial charge in [-0.05, 0) is 52.7 Å². The Morgan fingerprint density at radius 3 is 0.850 bits per heavy atom. The van der Waals surface area contributed by atoms with Gasteiger partial charge < -0.3 is 43.5 Å². The van der Waals surface area contributed by atoms with E-state index in [1.807, 2.05) is 19.0 Å². The quantitative estimate of drug-likeness (QED) is 0.0343. The summed E-state index contributed by atoms with van der Waals surface area (Å²) in [6, 6.07) is -0.426. The van der Waals surface area contributed by atoms with Crippen LogP contribution in [0.1, 0.15) is 278 Å². The molecule has 0 aliphatic rings. The summed E-state index contributed by atoms with van der Waals surface area (Å²) >= 11 is 0. The average Bonchev–Trinajstić information content (AvgIpc) is 3.43. The highest BCUT2D eigenvalue weighted by atomic mass is 16.6. The molecule has 0 aliphatic heterocycles. The van der Waals surface area contributed by atoms with E-state index in [0.29, 0.717) is 13.0 Å². The number of ether oxygens (including phenoxy) is 6. The van der Waals surface area contributed by atoms with Gasteiger partial charge in [-0.15, -0.1) is 0 Å². The second kappa shape index (κ2) is 56.9. The first-order chi connectivity index (χ1) is 38.8. The molecule has 0 rings (SSSR count). The summed E-state index contributed by atoms with van der Waals surface area (Å²) in [5.74, 6) is -3.88. The van der Waals surface area contributed by atoms with E-state index in [9.17, 15) is 33.6 Å². The molecule has 0 aromatic rings. The third-order valence-electron chi connectivity index (χ3n) is 14.4. The zero-order valence-corrected chi connectivity index (χ0v) is 52.0. The Morgan fingerprint density at radius 2 is 0.588 bits per heavy atom. The van der Waals surface area contributed by atoms with Gasteiger partial charge in [0.2, 0.25) is 0 Å². The summed E-state index contributed by atoms with van der Waals surface area (Å²) in [6.45, 7) is 9.15. The van der Waals surface area contributed by atoms with Gasteiger partial charge in [0.15, 0.2) is 0 Å². The Morgan fingerprint density at radius 1 is 0.325 bits per heavy atom. The first kappa shape index (κ1) is 76.0. The molecule has 16 nitrogen and oxygen atoms in total. The van der Waals surface area contributed by atoms with Crippen LogP contribution in [0.25, 0.3) is 0 Å². The van der Waals surface area contributed by atoms with Gasteiger partial charge in [0, 0.05) is 44.1 Å². The molecule has 468 valence electrons. The Balaban J connectivity index is 5.60. The minimum atomic E-state index is -0.622. The van der Waals surface area contributed by atoms with Gasteiger partial charge in [0.25, 0.3) is 0 Å². The fourth-order valence-corrected chi connectivity index (χ4v) is 9.22. The van der Waals surface area contributed by atoms with E-state index >= 15 is 0 Å². The lowest BCUT2D eigenvalue weighted by Crippen LogP contribution is -2.44. The molecule has 0 unspecified atom stereocenters. The van der Waals surface area contributed by atoms with Crippen LogP contribution in [0.4, 0.5) is 4.79 Å². The third kappa shape index (κ3) is 52.1. The summed E-state index contributed by atoms with van der Waals surface area (Å²) in [6.07, 6.45) is 36.5. The van der Waals surface area contributed by atoms with Crippen LogP contribution in [0, 0.1) is 11.8 Å². The lowest BCUT2D eigenvalue weighted by molar-refractivity contribution is -0.155. The molecule has 0 saturated heterocycles. The molecule has 0 aromatic heterocycles. The van der Waals surface area contributed by atoms with Gasteiger partial charge in [-0.1, -0.05) is 207 Å². The number of esters is 6. The highest BCUT2D eigenvalue weighted by molar-refractivity contribution is 5.75. The van der Waals surface area contributed by atoms with Crippen molar-refractivity contribution >= 4 is 41.8 Å². The van der Waals surface area contributed by atoms with Crippen molar-refractivity contribution in [3.05, 3.63) is 0 Å². The summed E-state index contributed by atoms with van der Waals surface area (Å²) in [5.41, 5.74) is 0. The molecule has 2 amide bonds. The number of nitrogens with one attached hydrogen (secondary N) is 1. The number of rotatable bonds is 58. The highest BCUT2D eigenvalue weighted by Crippen LogP contribution is 2.17. The molecule has 0 aromatic carbocycles. The number of hydrogen-bond donors (Lipinski definition) is 1. The first-order valence-electron chi connectivity index (χ1n) is 32.5. The molecule has 0 bridgehead atoms. The van der Waals surface area contributed by atoms with Crippen molar-refractivity contribution in [3.8, 4) is 0 Å². The Hall–Kier alpha value is -3.95. The van der Waals surface area contributed by atoms with Crippen LogP contribution < -0.4 is 5.32 Å². The Bertz CT molecular complexity index is 1360. The van der Waals surface area contributed by atoms with E-state index in [2.05, 4.69) is 33.0 Å². The topological polar surface area (TPSA) is 193 Å². The Labute approximate surface area is 487 Å². The van der Waals surface area contributed by atoms with E-state index in [-0.39, 0.29) is 115 Å². The molecule has 16 heteroatoms. The molecule has 1 N–H and O–H groups in total. The molecule has 0 spiro atoms. The van der Waals surface area contributed by atoms with Crippen molar-refractivity contribution in [2.75, 3.05) is 79.9 Å². The van der Waals surface area contributed by atoms with Crippen molar-refractivity contribution in [1.29, 1.82) is 0 Å². The molecule has 80 heavy (non-hydrogen) atoms. The predicted octanol–water partition coefficient (Wildman–Crippen LogP) is 14.3. The highest BCUT2D eigenvalue weighted by Gasteiger charge is 2.23. The third-order valence-corrected chi connectivity index (χ3v) is 14.4. The summed E-state index contributed by atoms with van der Waals surface area (Å²) in [5, 5.41) is 2.90. The summed E-state index contributed by atoms with van der Waals surface area (Å²) in [7, 11) is 3.89. The van der Waals surface area contributed by atoms with E-state index in [0.717, 1.165) is 109 Å². The minimum absolute atomic E-state index is 0.0130. The lowest BCUT2D eigenvalue weighted by Gasteiger charge is -2.24. The maximum Gasteiger partial charge on any atom is 0.317 e. The van der Waals surface area contributed by atoms with Crippen molar-refractivity contribution in [1.82, 2.24) is 15.1 Å². The van der Waals surface area contributed by atoms with Crippen molar-refractivity contribution in [2.45, 2.75) is 278 Å². The van der Waals surface area contributed by atoms with Gasteiger partial charge in [-0.3, -0.25) is 28.8 Å². The number of carbonyl (C=O) groups excluding carboxylic acids is 7. The van der Waals surface area contributed by atoms with Crippen molar-refractivity contribution in [2.24, 2.45) is 11.8 Å². The van der Waals surface area contributed by atoms with Crippen LogP contribution in [0.3, 0.4) is 0 Å². The van der Waals surface area contributed by atoms with Gasteiger partial charge in [-0.25, -0.2) is 4.79 Å². The summed E-state index contributed by atoms with van der Waals surface area (Å²) < 4.78 is 33.6. The second-order valence-corrected chi connectivity index (χ2v) is 22.6. The maximum absolute atomic E-state index is 13.5. The van der Waals surface area contributed by atoms with Gasteiger partial charge in [-0.2, -0.15) is 0 Å². The minimum Gasteiger partial charge on any atom is -0.465 e. The van der Waals surface area contributed by atoms with Gasteiger partial charge >= 0.3 is 41.8 Å². The standard InChI is InChI=1S/C64H119N3O13/c1-7-11-15-19-23-27-31-35-40-58(68)77-52-56(53-78-59(69)41-36-32-28-24-20-16-12-8-2)50-62(72)75-48-46-67(64(74)65-44-39-45-66(5)6)47-49-76-63(73)51-57(54-79-60(70)42-37-33-29-25-21-17-13-9-3)55-80-61(71)43-38-34-30-26-22-18-14-10-4/h56-57H,7-55H2,1-6H3,(H,65,74). The molecule has 0 atom stereocenters. The zero-order chi connectivity index (χ0) is 58.9. The normalized spacial score (nSPS) is 11.3. The van der Waals surface area contributed by atoms with Crippen LogP contribution in [-0.4, -0.2) is 132 Å². The molecule has 0 saturated carbocycles. The zero-order valence-electron chi connectivity index (χ0n) is 52.0. The van der Waals surface area contributed by atoms with E-state index < -0.39 is 29.8 Å². The number of carbonyl (C=O) groups is 7. The van der Waals surface area contributed by atoms with Crippen molar-refractivity contribution < 1.29 is 62.0 Å². The average molecular weight is 1140 g/mol. The number of nitrogens with zero attached hydrogens (tertiary/aromatic N) is 2. The number of hydrogen-bond acceptors (Lipinski definition) is 14. The summed E-state index contributed by atoms with van der Waals surface area (Å²) in [4.78, 5) is 94.5. The van der Waals surface area contributed by atoms with E-state index in [1.165, 1.54) is 108 Å². The smallest absolute Gasteiger partial charge is 0.317 e. The first-order valence-corrected chi connectivity index (χ1v) is 32.5. The van der Waals surface area contributed by atoms with Crippen LogP contribution in [0.15, 0.2) is 0 Å². The SMILES string of the molecule is CCCCCCCCCCC(=O)OCC(COC(=O)CCCCCCCCCC)CC(=O)OCCN(CCOC(=O)CC(COC(=O)CCCCCCCCCC)COC(=O)CCCCCCCCCC)C(=O)NCCCN(C)C. The molecular weight excluding hydrogens is 1020 g/mol. The van der Waals surface area contributed by atoms with Crippen LogP contribution in [0.5, 0.6) is 0 Å². The lowest BCUT2D eigenvalue weighted by atomic mass is 10.1. The fourth-order valence-electron chi connectivity index (χ4n) is 9.22. The van der Waals surface area contributed by atoms with Gasteiger partial charge in [0.1, 0.15) is 13.2 Å². The van der Waals surface area contributed by atoms with Crippen LogP contribution in [0.2, 0.25) is 0 Å². The van der Waals surface area contributed by atoms with E-state index in [4.69, 9.17) is 28.4 Å². The van der Waals surface area contributed by atoms with Gasteiger partial charge in [0.05, 0.1) is 52.4 Å². The second-order valence-electron chi connectivity index (χ2n) is 22.6.